The molecule has 0 bridgehead atoms. The highest BCUT2D eigenvalue weighted by Gasteiger charge is 2.48. The van der Waals surface area contributed by atoms with Gasteiger partial charge in [0.1, 0.15) is 0 Å². The molecule has 1 aromatic carbocycles. The molecule has 150 valence electrons. The minimum absolute atomic E-state index is 0.0655. The van der Waals surface area contributed by atoms with Crippen LogP contribution < -0.4 is 5.32 Å². The summed E-state index contributed by atoms with van der Waals surface area (Å²) in [4.78, 5) is 27.7. The second kappa shape index (κ2) is 9.05. The van der Waals surface area contributed by atoms with E-state index in [-0.39, 0.29) is 11.3 Å². The summed E-state index contributed by atoms with van der Waals surface area (Å²) in [5.41, 5.74) is -3.75. The van der Waals surface area contributed by atoms with E-state index in [0.29, 0.717) is 0 Å². The zero-order valence-electron chi connectivity index (χ0n) is 14.9. The van der Waals surface area contributed by atoms with Crippen LogP contribution in [-0.4, -0.2) is 36.0 Å². The number of amides is 1. The first-order chi connectivity index (χ1) is 13.3. The minimum Gasteiger partial charge on any atom is -0.467 e. The number of carbonyl (C=O) groups is 2. The lowest BCUT2D eigenvalue weighted by Crippen LogP contribution is -2.54. The van der Waals surface area contributed by atoms with Crippen molar-refractivity contribution in [3.8, 4) is 0 Å². The van der Waals surface area contributed by atoms with Crippen molar-refractivity contribution in [2.75, 3.05) is 19.1 Å². The lowest BCUT2D eigenvalue weighted by atomic mass is 9.86. The van der Waals surface area contributed by atoms with Crippen molar-refractivity contribution >= 4 is 23.6 Å². The summed E-state index contributed by atoms with van der Waals surface area (Å²) in [6.07, 6.45) is 1.25. The predicted octanol–water partition coefficient (Wildman–Crippen LogP) is 3.19. The molecule has 5 nitrogen and oxygen atoms in total. The third-order valence-corrected chi connectivity index (χ3v) is 4.61. The Balaban J connectivity index is 2.72. The van der Waals surface area contributed by atoms with Gasteiger partial charge in [-0.1, -0.05) is 18.2 Å². The molecule has 1 amide bonds. The zero-order chi connectivity index (χ0) is 20.9. The number of halogens is 4. The number of nitrogens with one attached hydrogen (secondary N) is 1. The van der Waals surface area contributed by atoms with E-state index in [1.165, 1.54) is 36.0 Å². The van der Waals surface area contributed by atoms with Gasteiger partial charge in [0.05, 0.1) is 12.7 Å². The number of pyridine rings is 1. The Kier molecular flexibility index (Phi) is 7.00. The van der Waals surface area contributed by atoms with Crippen molar-refractivity contribution in [2.24, 2.45) is 0 Å². The number of hydrogen-bond acceptors (Lipinski definition) is 5. The number of methoxy groups -OCH3 is 1. The Morgan fingerprint density at radius 1 is 1.11 bits per heavy atom. The highest BCUT2D eigenvalue weighted by atomic mass is 32.2. The van der Waals surface area contributed by atoms with Crippen molar-refractivity contribution in [1.29, 1.82) is 0 Å². The number of esters is 1. The summed E-state index contributed by atoms with van der Waals surface area (Å²) in [5, 5.41) is 2.22. The van der Waals surface area contributed by atoms with Crippen LogP contribution in [0.1, 0.15) is 22.3 Å². The van der Waals surface area contributed by atoms with Crippen molar-refractivity contribution in [3.63, 3.8) is 0 Å². The molecule has 0 radical (unpaired) electrons. The number of rotatable bonds is 7. The van der Waals surface area contributed by atoms with Crippen LogP contribution >= 0.6 is 11.8 Å². The summed E-state index contributed by atoms with van der Waals surface area (Å²) in [6, 6.07) is 7.48. The maximum absolute atomic E-state index is 14.5. The highest BCUT2D eigenvalue weighted by Crippen LogP contribution is 2.34. The first-order valence-electron chi connectivity index (χ1n) is 7.93. The van der Waals surface area contributed by atoms with Gasteiger partial charge in [-0.2, -0.15) is 25.5 Å². The summed E-state index contributed by atoms with van der Waals surface area (Å²) >= 11 is 1.19. The molecule has 0 fully saturated rings. The molecular formula is C18H16F4N2O3S. The van der Waals surface area contributed by atoms with Gasteiger partial charge < -0.3 is 10.1 Å². The van der Waals surface area contributed by atoms with Gasteiger partial charge in [0.15, 0.2) is 17.2 Å². The van der Waals surface area contributed by atoms with E-state index in [1.807, 2.05) is 0 Å². The van der Waals surface area contributed by atoms with E-state index in [9.17, 15) is 27.2 Å². The first-order valence-corrected chi connectivity index (χ1v) is 9.33. The lowest BCUT2D eigenvalue weighted by Gasteiger charge is -2.33. The van der Waals surface area contributed by atoms with Crippen LogP contribution in [-0.2, 0) is 15.1 Å². The topological polar surface area (TPSA) is 68.3 Å². The fourth-order valence-corrected chi connectivity index (χ4v) is 3.16. The number of hydrogen-bond donors (Lipinski definition) is 1. The quantitative estimate of drug-likeness (QED) is 0.427. The van der Waals surface area contributed by atoms with Gasteiger partial charge in [-0.15, -0.1) is 0 Å². The molecule has 10 heteroatoms. The fourth-order valence-electron chi connectivity index (χ4n) is 2.65. The molecule has 0 saturated heterocycles. The Labute approximate surface area is 162 Å². The molecule has 0 aliphatic rings. The van der Waals surface area contributed by atoms with Crippen molar-refractivity contribution in [3.05, 3.63) is 65.0 Å². The summed E-state index contributed by atoms with van der Waals surface area (Å²) in [6.45, 7) is 0. The van der Waals surface area contributed by atoms with Crippen molar-refractivity contribution in [2.45, 2.75) is 12.0 Å². The number of nitrogens with zero attached hydrogens (tertiary/aromatic N) is 1. The molecule has 0 spiro atoms. The van der Waals surface area contributed by atoms with E-state index in [0.717, 1.165) is 7.11 Å². The van der Waals surface area contributed by atoms with Crippen LogP contribution in [0.5, 0.6) is 0 Å². The van der Waals surface area contributed by atoms with Crippen molar-refractivity contribution in [1.82, 2.24) is 10.3 Å². The van der Waals surface area contributed by atoms with Crippen LogP contribution in [0.3, 0.4) is 0 Å². The molecule has 1 N–H and O–H groups in total. The smallest absolute Gasteiger partial charge is 0.336 e. The number of aromatic nitrogens is 1. The Morgan fingerprint density at radius 2 is 1.68 bits per heavy atom. The molecular weight excluding hydrogens is 400 g/mol. The second-order valence-electron chi connectivity index (χ2n) is 5.66. The maximum atomic E-state index is 14.5. The molecule has 1 heterocycles. The number of carbonyl (C=O) groups excluding carboxylic acids is 2. The molecule has 0 aliphatic heterocycles. The maximum Gasteiger partial charge on any atom is 0.336 e. The molecule has 28 heavy (non-hydrogen) atoms. The average molecular weight is 416 g/mol. The fraction of sp³-hybridized carbons (Fsp3) is 0.278. The van der Waals surface area contributed by atoms with Crippen LogP contribution in [0.2, 0.25) is 0 Å². The van der Waals surface area contributed by atoms with E-state index in [2.05, 4.69) is 15.0 Å². The normalized spacial score (nSPS) is 12.9. The van der Waals surface area contributed by atoms with Gasteiger partial charge >= 0.3 is 5.97 Å². The average Bonchev–Trinajstić information content (AvgIpc) is 2.70. The van der Waals surface area contributed by atoms with Crippen LogP contribution in [0.15, 0.2) is 30.3 Å². The van der Waals surface area contributed by atoms with Crippen molar-refractivity contribution < 1.29 is 31.9 Å². The van der Waals surface area contributed by atoms with E-state index < -0.39 is 52.9 Å². The van der Waals surface area contributed by atoms with Gasteiger partial charge in [0.2, 0.25) is 0 Å². The van der Waals surface area contributed by atoms with Crippen LogP contribution in [0.4, 0.5) is 17.6 Å². The third-order valence-electron chi connectivity index (χ3n) is 4.00. The first kappa shape index (κ1) is 21.7. The standard InChI is InChI=1S/C18H16F4N2O3S/c1-27-17(26)18(8-9-28-2,24-16(25)10-6-4-3-5-7-10)11-12(19)14(21)23-15(22)13(11)20/h3-7H,8-9H2,1-2H3,(H,24,25)/t18-/m1/s1. The molecule has 0 unspecified atom stereocenters. The number of ether oxygens (including phenoxy) is 1. The minimum atomic E-state index is -2.51. The predicted molar refractivity (Wildman–Crippen MR) is 94.7 cm³/mol. The van der Waals surface area contributed by atoms with E-state index >= 15 is 0 Å². The Bertz CT molecular complexity index is 857. The van der Waals surface area contributed by atoms with Crippen LogP contribution in [0.25, 0.3) is 0 Å². The monoisotopic (exact) mass is 416 g/mol. The van der Waals surface area contributed by atoms with Gasteiger partial charge in [-0.25, -0.2) is 13.6 Å². The van der Waals surface area contributed by atoms with Gasteiger partial charge in [-0.05, 0) is 30.6 Å². The molecule has 0 saturated carbocycles. The highest BCUT2D eigenvalue weighted by molar-refractivity contribution is 7.98. The molecule has 1 aromatic heterocycles. The molecule has 0 aliphatic carbocycles. The zero-order valence-corrected chi connectivity index (χ0v) is 15.7. The number of benzene rings is 1. The Morgan fingerprint density at radius 3 is 2.18 bits per heavy atom. The summed E-state index contributed by atoms with van der Waals surface area (Å²) in [5.74, 6) is -9.73. The third kappa shape index (κ3) is 4.11. The lowest BCUT2D eigenvalue weighted by molar-refractivity contribution is -0.149. The molecule has 2 aromatic rings. The Hall–Kier alpha value is -2.62. The second-order valence-corrected chi connectivity index (χ2v) is 6.64. The number of thioether (sulfide) groups is 1. The SMILES string of the molecule is COC(=O)[C@](CCSC)(NC(=O)c1ccccc1)c1c(F)c(F)nc(F)c1F. The van der Waals surface area contributed by atoms with E-state index in [1.54, 1.807) is 12.3 Å². The van der Waals surface area contributed by atoms with E-state index in [4.69, 9.17) is 0 Å². The van der Waals surface area contributed by atoms with Gasteiger partial charge in [0, 0.05) is 5.56 Å². The molecule has 1 atom stereocenters. The van der Waals surface area contributed by atoms with Gasteiger partial charge in [-0.3, -0.25) is 4.79 Å². The molecule has 2 rings (SSSR count). The van der Waals surface area contributed by atoms with Gasteiger partial charge in [0.25, 0.3) is 17.8 Å². The summed E-state index contributed by atoms with van der Waals surface area (Å²) < 4.78 is 61.1. The largest absolute Gasteiger partial charge is 0.467 e. The summed E-state index contributed by atoms with van der Waals surface area (Å²) in [7, 11) is 0.925. The van der Waals surface area contributed by atoms with Crippen LogP contribution in [0, 0.1) is 23.5 Å².